The monoisotopic (exact) mass is 428 g/mol. The molecule has 3 fully saturated rings. The standard InChI is InChI=1S/C22H28N4O3S/c1-15(2)16-8-3-4-9-17(16)23-21-25(12-7-13-30-21)18(27)14-26-19(28)22(24-20(26)29)10-5-6-11-22/h3-4,8-9,15H,5-7,10-14H2,1-2H3,(H,24,29). The first-order chi connectivity index (χ1) is 14.4. The van der Waals surface area contributed by atoms with E-state index in [1.165, 1.54) is 0 Å². The Morgan fingerprint density at radius 2 is 1.93 bits per heavy atom. The Labute approximate surface area is 181 Å². The van der Waals surface area contributed by atoms with E-state index < -0.39 is 11.6 Å². The molecule has 0 radical (unpaired) electrons. The van der Waals surface area contributed by atoms with Crippen LogP contribution < -0.4 is 5.32 Å². The minimum Gasteiger partial charge on any atom is -0.323 e. The van der Waals surface area contributed by atoms with Crippen LogP contribution in [0.2, 0.25) is 0 Å². The van der Waals surface area contributed by atoms with Gasteiger partial charge >= 0.3 is 6.03 Å². The summed E-state index contributed by atoms with van der Waals surface area (Å²) < 4.78 is 0. The van der Waals surface area contributed by atoms with Gasteiger partial charge in [-0.3, -0.25) is 19.4 Å². The molecule has 1 saturated carbocycles. The minimum absolute atomic E-state index is 0.238. The topological polar surface area (TPSA) is 82.1 Å². The van der Waals surface area contributed by atoms with Gasteiger partial charge in [-0.25, -0.2) is 9.79 Å². The molecule has 0 bridgehead atoms. The maximum absolute atomic E-state index is 13.1. The second-order valence-electron chi connectivity index (χ2n) is 8.47. The molecule has 0 unspecified atom stereocenters. The van der Waals surface area contributed by atoms with Crippen LogP contribution in [0.5, 0.6) is 0 Å². The predicted molar refractivity (Wildman–Crippen MR) is 118 cm³/mol. The average Bonchev–Trinajstić information content (AvgIpc) is 3.29. The van der Waals surface area contributed by atoms with Gasteiger partial charge in [-0.15, -0.1) is 0 Å². The van der Waals surface area contributed by atoms with E-state index in [2.05, 4.69) is 25.2 Å². The largest absolute Gasteiger partial charge is 0.325 e. The van der Waals surface area contributed by atoms with Crippen molar-refractivity contribution in [1.29, 1.82) is 0 Å². The molecule has 1 aromatic rings. The zero-order valence-electron chi connectivity index (χ0n) is 17.5. The highest BCUT2D eigenvalue weighted by molar-refractivity contribution is 8.13. The Balaban J connectivity index is 1.54. The highest BCUT2D eigenvalue weighted by Crippen LogP contribution is 2.35. The molecule has 2 aliphatic heterocycles. The number of thioether (sulfide) groups is 1. The maximum Gasteiger partial charge on any atom is 0.325 e. The van der Waals surface area contributed by atoms with E-state index in [-0.39, 0.29) is 18.4 Å². The van der Waals surface area contributed by atoms with Gasteiger partial charge in [0.05, 0.1) is 5.69 Å². The summed E-state index contributed by atoms with van der Waals surface area (Å²) in [4.78, 5) is 46.0. The fourth-order valence-corrected chi connectivity index (χ4v) is 5.39. The lowest BCUT2D eigenvalue weighted by atomic mass is 9.98. The average molecular weight is 429 g/mol. The molecule has 4 amide bonds. The van der Waals surface area contributed by atoms with E-state index in [4.69, 9.17) is 4.99 Å². The van der Waals surface area contributed by atoms with E-state index >= 15 is 0 Å². The lowest BCUT2D eigenvalue weighted by molar-refractivity contribution is -0.137. The number of hydrogen-bond donors (Lipinski definition) is 1. The fourth-order valence-electron chi connectivity index (χ4n) is 4.42. The van der Waals surface area contributed by atoms with Crippen LogP contribution in [0.1, 0.15) is 57.4 Å². The van der Waals surface area contributed by atoms with Gasteiger partial charge in [0.2, 0.25) is 5.91 Å². The van der Waals surface area contributed by atoms with Crippen molar-refractivity contribution in [1.82, 2.24) is 15.1 Å². The molecule has 2 heterocycles. The molecular weight excluding hydrogens is 400 g/mol. The zero-order valence-corrected chi connectivity index (χ0v) is 18.3. The van der Waals surface area contributed by atoms with Gasteiger partial charge < -0.3 is 5.32 Å². The molecule has 4 rings (SSSR count). The number of amides is 4. The summed E-state index contributed by atoms with van der Waals surface area (Å²) >= 11 is 1.54. The van der Waals surface area contributed by atoms with E-state index in [1.807, 2.05) is 18.2 Å². The summed E-state index contributed by atoms with van der Waals surface area (Å²) in [6.45, 7) is 4.54. The van der Waals surface area contributed by atoms with Crippen molar-refractivity contribution in [3.05, 3.63) is 29.8 Å². The second-order valence-corrected chi connectivity index (χ2v) is 9.53. The molecule has 3 aliphatic rings. The molecule has 0 atom stereocenters. The maximum atomic E-state index is 13.1. The third-order valence-electron chi connectivity index (χ3n) is 6.06. The first-order valence-corrected chi connectivity index (χ1v) is 11.6. The van der Waals surface area contributed by atoms with Gasteiger partial charge in [0, 0.05) is 12.3 Å². The van der Waals surface area contributed by atoms with Crippen LogP contribution in [0, 0.1) is 0 Å². The number of amidine groups is 1. The molecule has 1 aromatic carbocycles. The van der Waals surface area contributed by atoms with Gasteiger partial charge in [-0.05, 0) is 36.8 Å². The molecule has 160 valence electrons. The Morgan fingerprint density at radius 1 is 1.20 bits per heavy atom. The number of nitrogens with zero attached hydrogens (tertiary/aromatic N) is 3. The minimum atomic E-state index is -0.791. The molecule has 1 aliphatic carbocycles. The molecule has 1 N–H and O–H groups in total. The highest BCUT2D eigenvalue weighted by atomic mass is 32.2. The quantitative estimate of drug-likeness (QED) is 0.743. The van der Waals surface area contributed by atoms with Crippen LogP contribution in [-0.4, -0.2) is 57.2 Å². The number of rotatable bonds is 4. The van der Waals surface area contributed by atoms with Gasteiger partial charge in [-0.1, -0.05) is 56.7 Å². The number of imide groups is 1. The SMILES string of the molecule is CC(C)c1ccccc1N=C1SCCCN1C(=O)CN1C(=O)NC2(CCCC2)C1=O. The van der Waals surface area contributed by atoms with E-state index in [0.29, 0.717) is 30.5 Å². The Hall–Kier alpha value is -2.35. The van der Waals surface area contributed by atoms with Crippen molar-refractivity contribution in [2.75, 3.05) is 18.8 Å². The van der Waals surface area contributed by atoms with E-state index in [0.717, 1.165) is 41.2 Å². The summed E-state index contributed by atoms with van der Waals surface area (Å²) in [5, 5.41) is 3.48. The summed E-state index contributed by atoms with van der Waals surface area (Å²) in [5.41, 5.74) is 1.19. The number of benzene rings is 1. The lowest BCUT2D eigenvalue weighted by Gasteiger charge is -2.29. The first kappa shape index (κ1) is 20.9. The number of aliphatic imine (C=N–C) groups is 1. The molecule has 8 heteroatoms. The molecular formula is C22H28N4O3S. The molecule has 7 nitrogen and oxygen atoms in total. The number of hydrogen-bond acceptors (Lipinski definition) is 5. The number of nitrogens with one attached hydrogen (secondary N) is 1. The number of urea groups is 1. The van der Waals surface area contributed by atoms with Crippen molar-refractivity contribution in [2.24, 2.45) is 4.99 Å². The zero-order chi connectivity index (χ0) is 21.3. The van der Waals surface area contributed by atoms with Crippen LogP contribution in [-0.2, 0) is 9.59 Å². The smallest absolute Gasteiger partial charge is 0.323 e. The summed E-state index contributed by atoms with van der Waals surface area (Å²) in [7, 11) is 0. The Bertz CT molecular complexity index is 892. The number of carbonyl (C=O) groups is 3. The summed E-state index contributed by atoms with van der Waals surface area (Å²) in [5.74, 6) is 0.684. The van der Waals surface area contributed by atoms with Crippen molar-refractivity contribution >= 4 is 40.5 Å². The molecule has 0 aromatic heterocycles. The molecule has 1 spiro atoms. The number of para-hydroxylation sites is 1. The van der Waals surface area contributed by atoms with E-state index in [1.54, 1.807) is 16.7 Å². The third kappa shape index (κ3) is 3.85. The van der Waals surface area contributed by atoms with Gasteiger partial charge in [-0.2, -0.15) is 0 Å². The first-order valence-electron chi connectivity index (χ1n) is 10.7. The van der Waals surface area contributed by atoms with Crippen LogP contribution in [0.4, 0.5) is 10.5 Å². The summed E-state index contributed by atoms with van der Waals surface area (Å²) in [6, 6.07) is 7.49. The molecule has 30 heavy (non-hydrogen) atoms. The van der Waals surface area contributed by atoms with Crippen LogP contribution in [0.15, 0.2) is 29.3 Å². The van der Waals surface area contributed by atoms with E-state index in [9.17, 15) is 14.4 Å². The van der Waals surface area contributed by atoms with Crippen molar-refractivity contribution in [3.63, 3.8) is 0 Å². The third-order valence-corrected chi connectivity index (χ3v) is 7.12. The molecule has 2 saturated heterocycles. The van der Waals surface area contributed by atoms with Crippen molar-refractivity contribution < 1.29 is 14.4 Å². The van der Waals surface area contributed by atoms with Gasteiger partial charge in [0.1, 0.15) is 12.1 Å². The van der Waals surface area contributed by atoms with Crippen LogP contribution in [0.25, 0.3) is 0 Å². The van der Waals surface area contributed by atoms with Gasteiger partial charge in [0.25, 0.3) is 5.91 Å². The van der Waals surface area contributed by atoms with Crippen LogP contribution in [0.3, 0.4) is 0 Å². The van der Waals surface area contributed by atoms with Gasteiger partial charge in [0.15, 0.2) is 5.17 Å². The summed E-state index contributed by atoms with van der Waals surface area (Å²) in [6.07, 6.45) is 4.00. The van der Waals surface area contributed by atoms with Crippen molar-refractivity contribution in [3.8, 4) is 0 Å². The normalized spacial score (nSPS) is 22.4. The fraction of sp³-hybridized carbons (Fsp3) is 0.545. The Morgan fingerprint density at radius 3 is 2.67 bits per heavy atom. The highest BCUT2D eigenvalue weighted by Gasteiger charge is 2.53. The van der Waals surface area contributed by atoms with Crippen LogP contribution >= 0.6 is 11.8 Å². The van der Waals surface area contributed by atoms with Crippen molar-refractivity contribution in [2.45, 2.75) is 57.4 Å². The predicted octanol–water partition coefficient (Wildman–Crippen LogP) is 3.63. The lowest BCUT2D eigenvalue weighted by Crippen LogP contribution is -2.48. The second kappa shape index (κ2) is 8.41. The number of carbonyl (C=O) groups excluding carboxylic acids is 3. The Kier molecular flexibility index (Phi) is 5.86.